The molecule has 1 spiro atoms. The first kappa shape index (κ1) is 29.3. The molecule has 40 heavy (non-hydrogen) atoms. The van der Waals surface area contributed by atoms with Crippen molar-refractivity contribution in [2.24, 2.45) is 28.6 Å². The molecule has 226 valence electrons. The summed E-state index contributed by atoms with van der Waals surface area (Å²) in [7, 11) is 0. The van der Waals surface area contributed by atoms with E-state index in [-0.39, 0.29) is 23.0 Å². The maximum atomic E-state index is 12.2. The Hall–Kier alpha value is -0.760. The third kappa shape index (κ3) is 4.97. The molecule has 0 aromatic carbocycles. The van der Waals surface area contributed by atoms with Crippen LogP contribution in [0.4, 0.5) is 0 Å². The number of hydrogen-bond acceptors (Lipinski definition) is 6. The number of rotatable bonds is 6. The molecule has 0 amide bonds. The lowest BCUT2D eigenvalue weighted by molar-refractivity contribution is -0.322. The van der Waals surface area contributed by atoms with Crippen LogP contribution in [0.25, 0.3) is 0 Å². The highest BCUT2D eigenvalue weighted by Gasteiger charge is 2.64. The molecule has 2 saturated heterocycles. The summed E-state index contributed by atoms with van der Waals surface area (Å²) in [4.78, 5) is 0. The van der Waals surface area contributed by atoms with Crippen LogP contribution in [-0.4, -0.2) is 59.9 Å². The number of aliphatic hydroxyl groups is 2. The summed E-state index contributed by atoms with van der Waals surface area (Å²) in [5, 5.41) is 24.5. The molecular formula is C34H54O6. The van der Waals surface area contributed by atoms with E-state index in [0.717, 1.165) is 82.8 Å². The van der Waals surface area contributed by atoms with Gasteiger partial charge in [-0.15, -0.1) is 0 Å². The van der Waals surface area contributed by atoms with Gasteiger partial charge in [0.2, 0.25) is 0 Å². The normalized spacial score (nSPS) is 44.1. The Labute approximate surface area is 241 Å². The molecule has 2 heterocycles. The van der Waals surface area contributed by atoms with Crippen LogP contribution in [0, 0.1) is 28.6 Å². The molecule has 5 fully saturated rings. The SMILES string of the molecule is C=C(C)[C@H]1C[C@@]2(C)[C@@H](CC[C@]2(O)CCCOC2CCCCO2)[C@@H]2CC[C@@]3(O)CC4(CCC3=C12)OCC(C)(C)CO4. The lowest BCUT2D eigenvalue weighted by Crippen LogP contribution is -2.58. The molecule has 6 rings (SSSR count). The number of ether oxygens (including phenoxy) is 4. The lowest BCUT2D eigenvalue weighted by Gasteiger charge is -2.58. The van der Waals surface area contributed by atoms with Gasteiger partial charge in [-0.2, -0.15) is 0 Å². The molecule has 0 aromatic rings. The van der Waals surface area contributed by atoms with Crippen molar-refractivity contribution in [1.29, 1.82) is 0 Å². The second-order valence-corrected chi connectivity index (χ2v) is 15.4. The summed E-state index contributed by atoms with van der Waals surface area (Å²) in [6.45, 7) is 16.1. The van der Waals surface area contributed by atoms with Crippen molar-refractivity contribution in [2.45, 2.75) is 134 Å². The van der Waals surface area contributed by atoms with Gasteiger partial charge in [-0.3, -0.25) is 0 Å². The topological polar surface area (TPSA) is 77.4 Å². The zero-order valence-electron chi connectivity index (χ0n) is 25.6. The smallest absolute Gasteiger partial charge is 0.171 e. The van der Waals surface area contributed by atoms with Crippen LogP contribution in [0.3, 0.4) is 0 Å². The van der Waals surface area contributed by atoms with Crippen molar-refractivity contribution >= 4 is 0 Å². The predicted molar refractivity (Wildman–Crippen MR) is 154 cm³/mol. The summed E-state index contributed by atoms with van der Waals surface area (Å²) in [6, 6.07) is 0. The van der Waals surface area contributed by atoms with Crippen LogP contribution >= 0.6 is 0 Å². The van der Waals surface area contributed by atoms with Gasteiger partial charge in [0.25, 0.3) is 0 Å². The fourth-order valence-corrected chi connectivity index (χ4v) is 9.62. The van der Waals surface area contributed by atoms with Crippen molar-refractivity contribution < 1.29 is 29.2 Å². The van der Waals surface area contributed by atoms with Crippen LogP contribution in [0.1, 0.15) is 111 Å². The molecule has 4 aliphatic carbocycles. The molecule has 6 heteroatoms. The summed E-state index contributed by atoms with van der Waals surface area (Å²) in [5.41, 5.74) is 2.14. The van der Waals surface area contributed by atoms with E-state index in [1.165, 1.54) is 17.6 Å². The van der Waals surface area contributed by atoms with Gasteiger partial charge in [-0.25, -0.2) is 0 Å². The molecule has 1 unspecified atom stereocenters. The van der Waals surface area contributed by atoms with Crippen LogP contribution in [0.2, 0.25) is 0 Å². The van der Waals surface area contributed by atoms with Crippen molar-refractivity contribution in [3.63, 3.8) is 0 Å². The minimum Gasteiger partial charge on any atom is -0.389 e. The van der Waals surface area contributed by atoms with Gasteiger partial charge < -0.3 is 29.2 Å². The number of fused-ring (bicyclic) bond motifs is 4. The molecule has 0 aromatic heterocycles. The van der Waals surface area contributed by atoms with Gasteiger partial charge in [0.15, 0.2) is 12.1 Å². The van der Waals surface area contributed by atoms with E-state index < -0.39 is 17.0 Å². The summed E-state index contributed by atoms with van der Waals surface area (Å²) in [6.07, 6.45) is 11.5. The lowest BCUT2D eigenvalue weighted by atomic mass is 9.49. The van der Waals surface area contributed by atoms with Crippen molar-refractivity contribution in [3.8, 4) is 0 Å². The van der Waals surface area contributed by atoms with E-state index in [1.54, 1.807) is 0 Å². The molecule has 2 N–H and O–H groups in total. The van der Waals surface area contributed by atoms with Crippen LogP contribution in [-0.2, 0) is 18.9 Å². The zero-order chi connectivity index (χ0) is 28.4. The first-order valence-corrected chi connectivity index (χ1v) is 16.2. The molecule has 6 aliphatic rings. The van der Waals surface area contributed by atoms with Crippen molar-refractivity contribution in [1.82, 2.24) is 0 Å². The highest BCUT2D eigenvalue weighted by Crippen LogP contribution is 2.67. The largest absolute Gasteiger partial charge is 0.389 e. The van der Waals surface area contributed by atoms with E-state index in [9.17, 15) is 10.2 Å². The Kier molecular flexibility index (Phi) is 7.66. The van der Waals surface area contributed by atoms with E-state index >= 15 is 0 Å². The summed E-state index contributed by atoms with van der Waals surface area (Å²) < 4.78 is 24.5. The van der Waals surface area contributed by atoms with Gasteiger partial charge in [0.1, 0.15) is 0 Å². The molecule has 0 bridgehead atoms. The van der Waals surface area contributed by atoms with Crippen LogP contribution in [0.15, 0.2) is 23.3 Å². The van der Waals surface area contributed by atoms with Gasteiger partial charge in [0.05, 0.1) is 24.4 Å². The monoisotopic (exact) mass is 558 g/mol. The number of hydrogen-bond donors (Lipinski definition) is 2. The summed E-state index contributed by atoms with van der Waals surface area (Å²) in [5.74, 6) is 0.367. The molecule has 6 nitrogen and oxygen atoms in total. The Balaban J connectivity index is 1.21. The Morgan fingerprint density at radius 3 is 2.50 bits per heavy atom. The zero-order valence-corrected chi connectivity index (χ0v) is 25.6. The minimum absolute atomic E-state index is 0.0121. The Bertz CT molecular complexity index is 1000. The summed E-state index contributed by atoms with van der Waals surface area (Å²) >= 11 is 0. The van der Waals surface area contributed by atoms with Gasteiger partial charge >= 0.3 is 0 Å². The quantitative estimate of drug-likeness (QED) is 0.288. The van der Waals surface area contributed by atoms with E-state index in [2.05, 4.69) is 34.3 Å². The van der Waals surface area contributed by atoms with Gasteiger partial charge in [-0.1, -0.05) is 38.5 Å². The average Bonchev–Trinajstić information content (AvgIpc) is 3.18. The van der Waals surface area contributed by atoms with E-state index in [0.29, 0.717) is 38.1 Å². The highest BCUT2D eigenvalue weighted by molar-refractivity contribution is 5.40. The fourth-order valence-electron chi connectivity index (χ4n) is 9.62. The van der Waals surface area contributed by atoms with Crippen LogP contribution in [0.5, 0.6) is 0 Å². The maximum absolute atomic E-state index is 12.2. The third-order valence-electron chi connectivity index (χ3n) is 12.0. The van der Waals surface area contributed by atoms with Crippen molar-refractivity contribution in [2.75, 3.05) is 26.4 Å². The second-order valence-electron chi connectivity index (χ2n) is 15.4. The molecular weight excluding hydrogens is 504 g/mol. The molecule has 0 radical (unpaired) electrons. The molecule has 3 saturated carbocycles. The fraction of sp³-hybridized carbons (Fsp3) is 0.882. The predicted octanol–water partition coefficient (Wildman–Crippen LogP) is 6.44. The highest BCUT2D eigenvalue weighted by atomic mass is 16.7. The first-order valence-electron chi connectivity index (χ1n) is 16.2. The molecule has 7 atom stereocenters. The second kappa shape index (κ2) is 10.4. The average molecular weight is 559 g/mol. The standard InChI is InChI=1S/C34H54O6/c1-23(2)25-19-31(5)26(11-15-33(31,36)13-8-18-38-28-9-6-7-17-37-28)24-10-14-32(35)20-34(16-12-27(32)29(24)25)39-21-30(3,4)22-40-34/h24-26,28,35-36H,1,6-22H2,2-5H3/t24-,25+,26-,28?,31-,32+,33+/m0/s1. The van der Waals surface area contributed by atoms with Gasteiger partial charge in [0, 0.05) is 42.8 Å². The maximum Gasteiger partial charge on any atom is 0.171 e. The van der Waals surface area contributed by atoms with E-state index in [1.807, 2.05) is 0 Å². The molecule has 2 aliphatic heterocycles. The first-order chi connectivity index (χ1) is 18.9. The van der Waals surface area contributed by atoms with Crippen molar-refractivity contribution in [3.05, 3.63) is 23.3 Å². The van der Waals surface area contributed by atoms with Crippen LogP contribution < -0.4 is 0 Å². The third-order valence-corrected chi connectivity index (χ3v) is 12.0. The Morgan fingerprint density at radius 1 is 1.02 bits per heavy atom. The Morgan fingerprint density at radius 2 is 1.80 bits per heavy atom. The van der Waals surface area contributed by atoms with Gasteiger partial charge in [-0.05, 0) is 95.0 Å². The number of allylic oxidation sites excluding steroid dienone is 2. The van der Waals surface area contributed by atoms with E-state index in [4.69, 9.17) is 18.9 Å². The minimum atomic E-state index is -0.875.